The van der Waals surface area contributed by atoms with Gasteiger partial charge >= 0.3 is 0 Å². The van der Waals surface area contributed by atoms with Crippen LogP contribution in [0, 0.1) is 23.7 Å². The van der Waals surface area contributed by atoms with Crippen LogP contribution in [0.1, 0.15) is 51.6 Å². The van der Waals surface area contributed by atoms with Gasteiger partial charge in [0.1, 0.15) is 0 Å². The molecule has 0 spiro atoms. The Morgan fingerprint density at radius 1 is 1.14 bits per heavy atom. The lowest BCUT2D eigenvalue weighted by molar-refractivity contribution is -0.313. The van der Waals surface area contributed by atoms with Crippen LogP contribution in [0.2, 0.25) is 0 Å². The van der Waals surface area contributed by atoms with Crippen molar-refractivity contribution >= 4 is 11.9 Å². The quantitative estimate of drug-likeness (QED) is 0.718. The number of carboxylic acids is 1. The average molecular weight is 397 g/mol. The molecule has 1 heterocycles. The summed E-state index contributed by atoms with van der Waals surface area (Å²) in [7, 11) is 0. The van der Waals surface area contributed by atoms with Crippen molar-refractivity contribution in [2.24, 2.45) is 23.7 Å². The minimum Gasteiger partial charge on any atom is -0.550 e. The molecule has 1 aromatic rings. The number of fused-ring (bicyclic) bond motifs is 2. The number of ether oxygens (including phenoxy) is 1. The number of allylic oxidation sites excluding steroid dienone is 2. The highest BCUT2D eigenvalue weighted by Crippen LogP contribution is 2.49. The fourth-order valence-corrected chi connectivity index (χ4v) is 5.67. The van der Waals surface area contributed by atoms with Gasteiger partial charge in [0.05, 0.1) is 17.6 Å². The van der Waals surface area contributed by atoms with Crippen LogP contribution in [-0.4, -0.2) is 35.0 Å². The minimum absolute atomic E-state index is 0.00581. The van der Waals surface area contributed by atoms with Gasteiger partial charge < -0.3 is 19.5 Å². The third-order valence-corrected chi connectivity index (χ3v) is 7.03. The molecule has 4 rings (SSSR count). The van der Waals surface area contributed by atoms with E-state index in [0.717, 1.165) is 24.8 Å². The van der Waals surface area contributed by atoms with Crippen LogP contribution in [0.15, 0.2) is 42.5 Å². The van der Waals surface area contributed by atoms with Gasteiger partial charge in [0, 0.05) is 24.5 Å². The van der Waals surface area contributed by atoms with E-state index in [1.165, 1.54) is 0 Å². The second-order valence-electron chi connectivity index (χ2n) is 9.41. The molecular weight excluding hydrogens is 366 g/mol. The van der Waals surface area contributed by atoms with Crippen molar-refractivity contribution < 1.29 is 19.4 Å². The van der Waals surface area contributed by atoms with Crippen molar-refractivity contribution in [1.82, 2.24) is 4.90 Å². The Kier molecular flexibility index (Phi) is 5.28. The molecule has 0 N–H and O–H groups in total. The first-order chi connectivity index (χ1) is 13.8. The molecule has 5 nitrogen and oxygen atoms in total. The lowest BCUT2D eigenvalue weighted by Gasteiger charge is -2.46. The molecule has 0 aromatic heterocycles. The van der Waals surface area contributed by atoms with E-state index in [0.29, 0.717) is 6.61 Å². The van der Waals surface area contributed by atoms with Crippen molar-refractivity contribution in [3.05, 3.63) is 48.0 Å². The summed E-state index contributed by atoms with van der Waals surface area (Å²) in [6, 6.07) is 9.88. The molecule has 1 saturated heterocycles. The van der Waals surface area contributed by atoms with E-state index in [-0.39, 0.29) is 35.4 Å². The maximum absolute atomic E-state index is 13.9. The molecule has 1 aliphatic heterocycles. The van der Waals surface area contributed by atoms with Crippen LogP contribution in [0.3, 0.4) is 0 Å². The fraction of sp³-hybridized carbons (Fsp3) is 0.583. The second-order valence-corrected chi connectivity index (χ2v) is 9.41. The van der Waals surface area contributed by atoms with Crippen LogP contribution in [0.4, 0.5) is 0 Å². The Morgan fingerprint density at radius 2 is 1.79 bits per heavy atom. The Bertz CT molecular complexity index is 802. The normalized spacial score (nSPS) is 33.4. The number of nitrogens with zero attached hydrogens (tertiary/aromatic N) is 1. The number of amides is 1. The molecule has 1 aromatic carbocycles. The first kappa shape index (κ1) is 20.1. The number of carboxylic acid groups (broad SMARTS) is 1. The largest absolute Gasteiger partial charge is 0.550 e. The number of aliphatic carboxylic acids is 1. The molecule has 156 valence electrons. The van der Waals surface area contributed by atoms with Crippen LogP contribution in [0.25, 0.3) is 0 Å². The molecule has 2 bridgehead atoms. The van der Waals surface area contributed by atoms with Crippen LogP contribution < -0.4 is 5.11 Å². The van der Waals surface area contributed by atoms with Crippen LogP contribution >= 0.6 is 0 Å². The predicted molar refractivity (Wildman–Crippen MR) is 107 cm³/mol. The summed E-state index contributed by atoms with van der Waals surface area (Å²) in [5.41, 5.74) is 0.758. The third-order valence-electron chi connectivity index (χ3n) is 7.03. The van der Waals surface area contributed by atoms with E-state index in [1.807, 2.05) is 54.3 Å². The standard InChI is InChI=1S/C24H31NO4/c1-15(16-7-5-4-6-8-16)25(19-11-12-29-24(2,3)14-19)22(26)20-17-9-10-18(13-17)21(20)23(27)28/h4-10,15,17-21H,11-14H2,1-3H3,(H,27,28)/p-1/t15-,17+,18-,19+,20-,21+/m1/s1. The van der Waals surface area contributed by atoms with Crippen LogP contribution in [0.5, 0.6) is 0 Å². The molecule has 2 fully saturated rings. The summed E-state index contributed by atoms with van der Waals surface area (Å²) in [6.45, 7) is 6.76. The zero-order chi connectivity index (χ0) is 20.8. The SMILES string of the molecule is C[C@H](c1ccccc1)N(C(=O)[C@H]1[C@@H](C(=O)[O-])[C@@H]2C=C[C@H]1C2)[C@H]1CCOC(C)(C)C1. The van der Waals surface area contributed by atoms with Gasteiger partial charge in [-0.05, 0) is 57.4 Å². The molecule has 5 heteroatoms. The predicted octanol–water partition coefficient (Wildman–Crippen LogP) is 2.72. The maximum Gasteiger partial charge on any atom is 0.227 e. The average Bonchev–Trinajstić information content (AvgIpc) is 3.29. The zero-order valence-corrected chi connectivity index (χ0v) is 17.4. The Morgan fingerprint density at radius 3 is 2.41 bits per heavy atom. The van der Waals surface area contributed by atoms with E-state index in [4.69, 9.17) is 4.74 Å². The summed E-state index contributed by atoms with van der Waals surface area (Å²) in [4.78, 5) is 27.8. The Hall–Kier alpha value is -2.14. The highest BCUT2D eigenvalue weighted by atomic mass is 16.5. The van der Waals surface area contributed by atoms with E-state index >= 15 is 0 Å². The smallest absolute Gasteiger partial charge is 0.227 e. The second kappa shape index (κ2) is 7.60. The molecule has 6 atom stereocenters. The minimum atomic E-state index is -1.10. The maximum atomic E-state index is 13.9. The van der Waals surface area contributed by atoms with Gasteiger partial charge in [-0.2, -0.15) is 0 Å². The van der Waals surface area contributed by atoms with Crippen molar-refractivity contribution in [2.75, 3.05) is 6.61 Å². The van der Waals surface area contributed by atoms with Gasteiger partial charge in [-0.1, -0.05) is 42.5 Å². The number of hydrogen-bond donors (Lipinski definition) is 0. The summed E-state index contributed by atoms with van der Waals surface area (Å²) < 4.78 is 5.89. The van der Waals surface area contributed by atoms with Gasteiger partial charge in [0.15, 0.2) is 0 Å². The number of hydrogen-bond acceptors (Lipinski definition) is 4. The topological polar surface area (TPSA) is 69.7 Å². The molecule has 1 saturated carbocycles. The van der Waals surface area contributed by atoms with Crippen molar-refractivity contribution in [2.45, 2.75) is 57.7 Å². The third kappa shape index (κ3) is 3.73. The molecule has 1 amide bonds. The van der Waals surface area contributed by atoms with E-state index < -0.39 is 17.8 Å². The first-order valence-electron chi connectivity index (χ1n) is 10.7. The molecular formula is C24H30NO4-. The molecule has 3 aliphatic rings. The Labute approximate surface area is 172 Å². The van der Waals surface area contributed by atoms with E-state index in [9.17, 15) is 14.7 Å². The van der Waals surface area contributed by atoms with E-state index in [1.54, 1.807) is 0 Å². The van der Waals surface area contributed by atoms with Crippen molar-refractivity contribution in [3.8, 4) is 0 Å². The van der Waals surface area contributed by atoms with Gasteiger partial charge in [0.2, 0.25) is 5.91 Å². The summed E-state index contributed by atoms with van der Waals surface area (Å²) in [6.07, 6.45) is 6.23. The lowest BCUT2D eigenvalue weighted by Crippen LogP contribution is -2.53. The highest BCUT2D eigenvalue weighted by Gasteiger charge is 2.51. The number of rotatable bonds is 5. The van der Waals surface area contributed by atoms with Crippen LogP contribution in [-0.2, 0) is 14.3 Å². The summed E-state index contributed by atoms with van der Waals surface area (Å²) >= 11 is 0. The van der Waals surface area contributed by atoms with Gasteiger partial charge in [-0.25, -0.2) is 0 Å². The summed E-state index contributed by atoms with van der Waals surface area (Å²) in [5, 5.41) is 11.9. The Balaban J connectivity index is 1.69. The monoisotopic (exact) mass is 396 g/mol. The molecule has 0 unspecified atom stereocenters. The van der Waals surface area contributed by atoms with Gasteiger partial charge in [-0.3, -0.25) is 4.79 Å². The number of carbonyl (C=O) groups is 2. The fourth-order valence-electron chi connectivity index (χ4n) is 5.67. The molecule has 29 heavy (non-hydrogen) atoms. The lowest BCUT2D eigenvalue weighted by atomic mass is 9.80. The highest BCUT2D eigenvalue weighted by molar-refractivity contribution is 5.87. The van der Waals surface area contributed by atoms with Gasteiger partial charge in [0.25, 0.3) is 0 Å². The molecule has 0 radical (unpaired) electrons. The number of carbonyl (C=O) groups excluding carboxylic acids is 2. The molecule has 2 aliphatic carbocycles. The van der Waals surface area contributed by atoms with E-state index in [2.05, 4.69) is 13.8 Å². The number of benzene rings is 1. The van der Waals surface area contributed by atoms with Crippen molar-refractivity contribution in [1.29, 1.82) is 0 Å². The summed E-state index contributed by atoms with van der Waals surface area (Å²) in [5.74, 6) is -2.49. The van der Waals surface area contributed by atoms with Gasteiger partial charge in [-0.15, -0.1) is 0 Å². The van der Waals surface area contributed by atoms with Crippen molar-refractivity contribution in [3.63, 3.8) is 0 Å². The zero-order valence-electron chi connectivity index (χ0n) is 17.4. The first-order valence-corrected chi connectivity index (χ1v) is 10.7.